The highest BCUT2D eigenvalue weighted by atomic mass is 16.3. The van der Waals surface area contributed by atoms with Crippen molar-refractivity contribution >= 4 is 28.6 Å². The minimum atomic E-state index is 0.141. The number of rotatable bonds is 4. The second kappa shape index (κ2) is 6.48. The van der Waals surface area contributed by atoms with Crippen molar-refractivity contribution in [2.75, 3.05) is 11.1 Å². The van der Waals surface area contributed by atoms with Crippen LogP contribution in [0.15, 0.2) is 52.9 Å². The van der Waals surface area contributed by atoms with Gasteiger partial charge in [0.15, 0.2) is 5.76 Å². The maximum Gasteiger partial charge on any atom is 0.232 e. The van der Waals surface area contributed by atoms with Crippen LogP contribution >= 0.6 is 0 Å². The molecule has 4 aromatic rings. The molecule has 3 N–H and O–H groups in total. The Hall–Kier alpha value is -3.41. The number of hydrogen-bond donors (Lipinski definition) is 2. The molecule has 130 valence electrons. The van der Waals surface area contributed by atoms with Gasteiger partial charge in [-0.1, -0.05) is 37.3 Å². The number of fused-ring (bicyclic) bond motifs is 1. The molecule has 0 amide bonds. The number of nitrogens with zero attached hydrogens (tertiary/aromatic N) is 3. The van der Waals surface area contributed by atoms with Gasteiger partial charge in [0.1, 0.15) is 5.58 Å². The molecule has 0 radical (unpaired) electrons. The lowest BCUT2D eigenvalue weighted by Gasteiger charge is -2.07. The summed E-state index contributed by atoms with van der Waals surface area (Å²) in [4.78, 5) is 12.9. The Kier molecular flexibility index (Phi) is 4.01. The van der Waals surface area contributed by atoms with Gasteiger partial charge in [-0.05, 0) is 37.1 Å². The van der Waals surface area contributed by atoms with Crippen molar-refractivity contribution in [1.82, 2.24) is 15.0 Å². The maximum absolute atomic E-state index is 5.94. The summed E-state index contributed by atoms with van der Waals surface area (Å²) in [5.41, 5.74) is 9.82. The van der Waals surface area contributed by atoms with Gasteiger partial charge in [-0.15, -0.1) is 0 Å². The van der Waals surface area contributed by atoms with Crippen molar-refractivity contribution in [2.24, 2.45) is 0 Å². The zero-order valence-corrected chi connectivity index (χ0v) is 14.7. The van der Waals surface area contributed by atoms with Crippen LogP contribution in [0.5, 0.6) is 0 Å². The molecular weight excluding hydrogens is 326 g/mol. The first-order valence-corrected chi connectivity index (χ1v) is 8.50. The number of hydrogen-bond acceptors (Lipinski definition) is 6. The lowest BCUT2D eigenvalue weighted by atomic mass is 10.1. The van der Waals surface area contributed by atoms with Crippen LogP contribution in [0.3, 0.4) is 0 Å². The molecule has 0 unspecified atom stereocenters. The van der Waals surface area contributed by atoms with Gasteiger partial charge in [-0.2, -0.15) is 15.0 Å². The van der Waals surface area contributed by atoms with Crippen LogP contribution in [-0.4, -0.2) is 15.0 Å². The molecule has 0 fully saturated rings. The van der Waals surface area contributed by atoms with Gasteiger partial charge in [0, 0.05) is 16.6 Å². The van der Waals surface area contributed by atoms with Gasteiger partial charge >= 0.3 is 0 Å². The number of benzene rings is 2. The summed E-state index contributed by atoms with van der Waals surface area (Å²) in [6.07, 6.45) is 0.995. The summed E-state index contributed by atoms with van der Waals surface area (Å²) in [5, 5.41) is 4.21. The number of para-hydroxylation sites is 1. The highest BCUT2D eigenvalue weighted by Gasteiger charge is 2.16. The average molecular weight is 345 g/mol. The third-order valence-electron chi connectivity index (χ3n) is 4.32. The molecule has 6 nitrogen and oxygen atoms in total. The Morgan fingerprint density at radius 1 is 1.00 bits per heavy atom. The minimum Gasteiger partial charge on any atom is -0.452 e. The average Bonchev–Trinajstić information content (AvgIpc) is 2.99. The number of nitrogen functional groups attached to an aromatic ring is 1. The highest BCUT2D eigenvalue weighted by Crippen LogP contribution is 2.31. The van der Waals surface area contributed by atoms with E-state index in [0.717, 1.165) is 28.6 Å². The number of furan rings is 1. The second-order valence-corrected chi connectivity index (χ2v) is 6.07. The van der Waals surface area contributed by atoms with Crippen LogP contribution < -0.4 is 11.1 Å². The molecule has 2 aromatic heterocycles. The molecule has 0 aliphatic carbocycles. The van der Waals surface area contributed by atoms with Gasteiger partial charge < -0.3 is 15.5 Å². The molecule has 0 bridgehead atoms. The van der Waals surface area contributed by atoms with Crippen LogP contribution in [0.4, 0.5) is 17.6 Å². The first-order valence-electron chi connectivity index (χ1n) is 8.50. The van der Waals surface area contributed by atoms with Crippen LogP contribution in [0.25, 0.3) is 22.6 Å². The number of anilines is 3. The smallest absolute Gasteiger partial charge is 0.232 e. The van der Waals surface area contributed by atoms with E-state index in [1.807, 2.05) is 43.3 Å². The largest absolute Gasteiger partial charge is 0.452 e. The molecule has 0 saturated carbocycles. The summed E-state index contributed by atoms with van der Waals surface area (Å²) in [7, 11) is 0. The monoisotopic (exact) mass is 345 g/mol. The van der Waals surface area contributed by atoms with E-state index in [-0.39, 0.29) is 5.95 Å². The topological polar surface area (TPSA) is 89.9 Å². The fraction of sp³-hybridized carbons (Fsp3) is 0.150. The SMILES string of the molecule is CCc1ccc(Nc2nc(N)nc(-c3oc4ccccc4c3C)n2)cc1. The summed E-state index contributed by atoms with van der Waals surface area (Å²) in [5.74, 6) is 1.54. The number of aryl methyl sites for hydroxylation is 2. The van der Waals surface area contributed by atoms with E-state index in [9.17, 15) is 0 Å². The van der Waals surface area contributed by atoms with Crippen LogP contribution in [-0.2, 0) is 6.42 Å². The van der Waals surface area contributed by atoms with Crippen molar-refractivity contribution < 1.29 is 4.42 Å². The zero-order valence-electron chi connectivity index (χ0n) is 14.7. The Balaban J connectivity index is 1.72. The van der Waals surface area contributed by atoms with Gasteiger partial charge in [0.25, 0.3) is 0 Å². The third kappa shape index (κ3) is 2.97. The lowest BCUT2D eigenvalue weighted by Crippen LogP contribution is -2.05. The van der Waals surface area contributed by atoms with E-state index in [4.69, 9.17) is 10.2 Å². The molecule has 26 heavy (non-hydrogen) atoms. The fourth-order valence-electron chi connectivity index (χ4n) is 2.89. The Bertz CT molecular complexity index is 1070. The van der Waals surface area contributed by atoms with Crippen molar-refractivity contribution in [3.63, 3.8) is 0 Å². The summed E-state index contributed by atoms with van der Waals surface area (Å²) in [6.45, 7) is 4.11. The lowest BCUT2D eigenvalue weighted by molar-refractivity contribution is 0.622. The van der Waals surface area contributed by atoms with E-state index in [1.165, 1.54) is 5.56 Å². The molecule has 0 saturated heterocycles. The van der Waals surface area contributed by atoms with Gasteiger partial charge in [-0.3, -0.25) is 0 Å². The van der Waals surface area contributed by atoms with Crippen molar-refractivity contribution in [2.45, 2.75) is 20.3 Å². The predicted molar refractivity (Wildman–Crippen MR) is 103 cm³/mol. The first-order chi connectivity index (χ1) is 12.6. The molecule has 0 spiro atoms. The summed E-state index contributed by atoms with van der Waals surface area (Å²) < 4.78 is 5.94. The standard InChI is InChI=1S/C20H19N5O/c1-3-13-8-10-14(11-9-13)22-20-24-18(23-19(21)25-20)17-12(2)15-6-4-5-7-16(15)26-17/h4-11H,3H2,1-2H3,(H3,21,22,23,24,25). The third-order valence-corrected chi connectivity index (χ3v) is 4.32. The van der Waals surface area contributed by atoms with Gasteiger partial charge in [-0.25, -0.2) is 0 Å². The van der Waals surface area contributed by atoms with Crippen LogP contribution in [0.1, 0.15) is 18.1 Å². The number of nitrogens with one attached hydrogen (secondary N) is 1. The summed E-state index contributed by atoms with van der Waals surface area (Å²) >= 11 is 0. The van der Waals surface area contributed by atoms with Crippen molar-refractivity contribution in [3.05, 3.63) is 59.7 Å². The van der Waals surface area contributed by atoms with Gasteiger partial charge in [0.2, 0.25) is 17.7 Å². The van der Waals surface area contributed by atoms with E-state index in [2.05, 4.69) is 39.3 Å². The minimum absolute atomic E-state index is 0.141. The normalized spacial score (nSPS) is 11.0. The van der Waals surface area contributed by atoms with Gasteiger partial charge in [0.05, 0.1) is 0 Å². The Labute approximate surface area is 151 Å². The molecule has 4 rings (SSSR count). The quantitative estimate of drug-likeness (QED) is 0.567. The molecule has 0 atom stereocenters. The predicted octanol–water partition coefficient (Wildman–Crippen LogP) is 4.48. The van der Waals surface area contributed by atoms with E-state index in [1.54, 1.807) is 0 Å². The number of nitrogens with two attached hydrogens (primary N) is 1. The first kappa shape index (κ1) is 16.1. The second-order valence-electron chi connectivity index (χ2n) is 6.07. The fourth-order valence-corrected chi connectivity index (χ4v) is 2.89. The van der Waals surface area contributed by atoms with E-state index >= 15 is 0 Å². The Morgan fingerprint density at radius 3 is 2.50 bits per heavy atom. The molecule has 2 heterocycles. The van der Waals surface area contributed by atoms with E-state index < -0.39 is 0 Å². The molecule has 0 aliphatic heterocycles. The van der Waals surface area contributed by atoms with Crippen molar-refractivity contribution in [3.8, 4) is 11.6 Å². The zero-order chi connectivity index (χ0) is 18.1. The van der Waals surface area contributed by atoms with E-state index in [0.29, 0.717) is 17.5 Å². The number of aromatic nitrogens is 3. The molecule has 6 heteroatoms. The highest BCUT2D eigenvalue weighted by molar-refractivity contribution is 5.86. The Morgan fingerprint density at radius 2 is 1.77 bits per heavy atom. The summed E-state index contributed by atoms with van der Waals surface area (Å²) in [6, 6.07) is 16.0. The van der Waals surface area contributed by atoms with Crippen molar-refractivity contribution in [1.29, 1.82) is 0 Å². The van der Waals surface area contributed by atoms with Crippen LogP contribution in [0.2, 0.25) is 0 Å². The molecule has 2 aromatic carbocycles. The van der Waals surface area contributed by atoms with Crippen LogP contribution in [0, 0.1) is 6.92 Å². The maximum atomic E-state index is 5.94. The molecule has 0 aliphatic rings. The molecular formula is C20H19N5O.